The van der Waals surface area contributed by atoms with Crippen molar-refractivity contribution < 1.29 is 23.9 Å². The van der Waals surface area contributed by atoms with Crippen LogP contribution >= 0.6 is 0 Å². The number of para-hydroxylation sites is 2. The number of hydrogen-bond donors (Lipinski definition) is 2. The summed E-state index contributed by atoms with van der Waals surface area (Å²) < 4.78 is 10.2. The van der Waals surface area contributed by atoms with Crippen LogP contribution in [0.5, 0.6) is 5.75 Å². The van der Waals surface area contributed by atoms with E-state index in [1.54, 1.807) is 42.5 Å². The van der Waals surface area contributed by atoms with Crippen LogP contribution in [0.4, 0.5) is 11.4 Å². The lowest BCUT2D eigenvalue weighted by atomic mass is 10.1. The summed E-state index contributed by atoms with van der Waals surface area (Å²) in [5, 5.41) is 5.43. The highest BCUT2D eigenvalue weighted by Crippen LogP contribution is 2.24. The van der Waals surface area contributed by atoms with Crippen molar-refractivity contribution in [3.63, 3.8) is 0 Å². The van der Waals surface area contributed by atoms with Gasteiger partial charge in [0.2, 0.25) is 0 Å². The molecule has 2 aromatic rings. The summed E-state index contributed by atoms with van der Waals surface area (Å²) in [6, 6.07) is 13.5. The number of esters is 1. The number of ether oxygens (including phenoxy) is 2. The van der Waals surface area contributed by atoms with Crippen LogP contribution in [0.2, 0.25) is 0 Å². The number of amides is 2. The normalized spacial score (nSPS) is 14.8. The highest BCUT2D eigenvalue weighted by Gasteiger charge is 2.16. The minimum Gasteiger partial charge on any atom is -0.495 e. The molecule has 1 aliphatic carbocycles. The lowest BCUT2D eigenvalue weighted by Gasteiger charge is -2.11. The molecule has 0 heterocycles. The topological polar surface area (TPSA) is 93.7 Å². The Morgan fingerprint density at radius 2 is 1.80 bits per heavy atom. The van der Waals surface area contributed by atoms with Gasteiger partial charge in [0.15, 0.2) is 6.61 Å². The van der Waals surface area contributed by atoms with Gasteiger partial charge in [0.1, 0.15) is 5.75 Å². The van der Waals surface area contributed by atoms with Crippen molar-refractivity contribution in [2.24, 2.45) is 5.92 Å². The highest BCUT2D eigenvalue weighted by molar-refractivity contribution is 6.05. The fraction of sp³-hybridized carbons (Fsp3) is 0.261. The molecule has 3 rings (SSSR count). The molecule has 0 unspecified atom stereocenters. The summed E-state index contributed by atoms with van der Waals surface area (Å²) in [6.07, 6.45) is 6.27. The predicted octanol–water partition coefficient (Wildman–Crippen LogP) is 3.79. The van der Waals surface area contributed by atoms with Gasteiger partial charge in [0, 0.05) is 11.3 Å². The monoisotopic (exact) mass is 408 g/mol. The van der Waals surface area contributed by atoms with Crippen LogP contribution in [0.15, 0.2) is 60.7 Å². The molecule has 0 fully saturated rings. The van der Waals surface area contributed by atoms with Gasteiger partial charge < -0.3 is 20.1 Å². The maximum Gasteiger partial charge on any atom is 0.306 e. The predicted molar refractivity (Wildman–Crippen MR) is 113 cm³/mol. The van der Waals surface area contributed by atoms with Gasteiger partial charge in [-0.3, -0.25) is 14.4 Å². The first-order valence-electron chi connectivity index (χ1n) is 9.71. The van der Waals surface area contributed by atoms with Crippen molar-refractivity contribution in [3.8, 4) is 5.75 Å². The Morgan fingerprint density at radius 1 is 1.03 bits per heavy atom. The van der Waals surface area contributed by atoms with E-state index in [1.807, 2.05) is 18.2 Å². The van der Waals surface area contributed by atoms with E-state index in [4.69, 9.17) is 9.47 Å². The van der Waals surface area contributed by atoms with Crippen molar-refractivity contribution in [1.82, 2.24) is 0 Å². The molecule has 0 bridgehead atoms. The molecule has 0 aliphatic heterocycles. The molecular formula is C23H24N2O5. The molecule has 0 saturated carbocycles. The third-order valence-corrected chi connectivity index (χ3v) is 4.69. The minimum atomic E-state index is -0.434. The van der Waals surface area contributed by atoms with Gasteiger partial charge in [-0.05, 0) is 55.2 Å². The van der Waals surface area contributed by atoms with Crippen molar-refractivity contribution in [3.05, 3.63) is 66.2 Å². The largest absolute Gasteiger partial charge is 0.495 e. The summed E-state index contributed by atoms with van der Waals surface area (Å²) in [7, 11) is 1.53. The molecule has 1 aliphatic rings. The molecule has 7 heteroatoms. The average Bonchev–Trinajstić information content (AvgIpc) is 3.26. The number of allylic oxidation sites excluding steroid dienone is 2. The van der Waals surface area contributed by atoms with Crippen LogP contribution in [0.25, 0.3) is 0 Å². The molecule has 2 N–H and O–H groups in total. The zero-order valence-corrected chi connectivity index (χ0v) is 16.7. The maximum absolute atomic E-state index is 12.4. The van der Waals surface area contributed by atoms with Crippen LogP contribution in [-0.2, 0) is 14.3 Å². The number of rotatable bonds is 8. The summed E-state index contributed by atoms with van der Waals surface area (Å²) >= 11 is 0. The SMILES string of the molecule is COc1ccccc1NC(=O)c1ccc(NC(=O)COC(=O)C[C@H]2C=CCC2)cc1. The molecule has 0 aromatic heterocycles. The van der Waals surface area contributed by atoms with E-state index in [0.717, 1.165) is 12.8 Å². The summed E-state index contributed by atoms with van der Waals surface area (Å²) in [5.74, 6) is -0.350. The second-order valence-corrected chi connectivity index (χ2v) is 6.91. The van der Waals surface area contributed by atoms with E-state index in [2.05, 4.69) is 10.6 Å². The minimum absolute atomic E-state index is 0.204. The standard InChI is InChI=1S/C23H24N2O5/c1-29-20-9-5-4-8-19(20)25-23(28)17-10-12-18(13-11-17)24-21(26)15-30-22(27)14-16-6-2-3-7-16/h2,4-6,8-13,16H,3,7,14-15H2,1H3,(H,24,26)(H,25,28)/t16-/m0/s1. The number of hydrogen-bond acceptors (Lipinski definition) is 5. The summed E-state index contributed by atoms with van der Waals surface area (Å²) in [4.78, 5) is 36.2. The molecule has 0 radical (unpaired) electrons. The van der Waals surface area contributed by atoms with Crippen LogP contribution in [0.1, 0.15) is 29.6 Å². The molecule has 0 saturated heterocycles. The van der Waals surface area contributed by atoms with E-state index >= 15 is 0 Å². The molecule has 30 heavy (non-hydrogen) atoms. The van der Waals surface area contributed by atoms with E-state index in [9.17, 15) is 14.4 Å². The molecule has 2 amide bonds. The molecule has 1 atom stereocenters. The van der Waals surface area contributed by atoms with Crippen molar-refractivity contribution in [1.29, 1.82) is 0 Å². The maximum atomic E-state index is 12.4. The second-order valence-electron chi connectivity index (χ2n) is 6.91. The third-order valence-electron chi connectivity index (χ3n) is 4.69. The van der Waals surface area contributed by atoms with Gasteiger partial charge in [0.05, 0.1) is 19.2 Å². The Bertz CT molecular complexity index is 937. The first kappa shape index (κ1) is 21.1. The first-order chi connectivity index (χ1) is 14.5. The van der Waals surface area contributed by atoms with Gasteiger partial charge in [-0.2, -0.15) is 0 Å². The van der Waals surface area contributed by atoms with E-state index < -0.39 is 5.91 Å². The van der Waals surface area contributed by atoms with Crippen molar-refractivity contribution in [2.45, 2.75) is 19.3 Å². The molecule has 2 aromatic carbocycles. The van der Waals surface area contributed by atoms with Gasteiger partial charge >= 0.3 is 5.97 Å². The molecule has 0 spiro atoms. The summed E-state index contributed by atoms with van der Waals surface area (Å²) in [6.45, 7) is -0.342. The van der Waals surface area contributed by atoms with E-state index in [0.29, 0.717) is 29.1 Å². The van der Waals surface area contributed by atoms with Gasteiger partial charge in [-0.15, -0.1) is 0 Å². The Labute approximate surface area is 175 Å². The average molecular weight is 408 g/mol. The Balaban J connectivity index is 1.47. The lowest BCUT2D eigenvalue weighted by Crippen LogP contribution is -2.21. The van der Waals surface area contributed by atoms with Crippen LogP contribution in [-0.4, -0.2) is 31.5 Å². The quantitative estimate of drug-likeness (QED) is 0.512. The Morgan fingerprint density at radius 3 is 2.50 bits per heavy atom. The van der Waals surface area contributed by atoms with Crippen molar-refractivity contribution >= 4 is 29.2 Å². The number of anilines is 2. The number of carbonyl (C=O) groups excluding carboxylic acids is 3. The number of nitrogens with one attached hydrogen (secondary N) is 2. The Kier molecular flexibility index (Phi) is 7.21. The Hall–Kier alpha value is -3.61. The lowest BCUT2D eigenvalue weighted by molar-refractivity contribution is -0.147. The fourth-order valence-electron chi connectivity index (χ4n) is 3.13. The van der Waals surface area contributed by atoms with Crippen LogP contribution in [0.3, 0.4) is 0 Å². The van der Waals surface area contributed by atoms with Crippen LogP contribution in [0, 0.1) is 5.92 Å². The van der Waals surface area contributed by atoms with Crippen molar-refractivity contribution in [2.75, 3.05) is 24.4 Å². The smallest absolute Gasteiger partial charge is 0.306 e. The zero-order chi connectivity index (χ0) is 21.3. The fourth-order valence-corrected chi connectivity index (χ4v) is 3.13. The number of carbonyl (C=O) groups is 3. The first-order valence-corrected chi connectivity index (χ1v) is 9.71. The number of benzene rings is 2. The van der Waals surface area contributed by atoms with E-state index in [1.165, 1.54) is 7.11 Å². The number of methoxy groups -OCH3 is 1. The summed E-state index contributed by atoms with van der Waals surface area (Å²) in [5.41, 5.74) is 1.50. The van der Waals surface area contributed by atoms with Gasteiger partial charge in [-0.25, -0.2) is 0 Å². The molecule has 7 nitrogen and oxygen atoms in total. The second kappa shape index (κ2) is 10.2. The van der Waals surface area contributed by atoms with Gasteiger partial charge in [0.25, 0.3) is 11.8 Å². The van der Waals surface area contributed by atoms with Gasteiger partial charge in [-0.1, -0.05) is 24.3 Å². The highest BCUT2D eigenvalue weighted by atomic mass is 16.5. The molecule has 156 valence electrons. The van der Waals surface area contributed by atoms with Crippen LogP contribution < -0.4 is 15.4 Å². The third kappa shape index (κ3) is 5.94. The zero-order valence-electron chi connectivity index (χ0n) is 16.7. The van der Waals surface area contributed by atoms with E-state index in [-0.39, 0.29) is 24.4 Å². The molecular weight excluding hydrogens is 384 g/mol.